The van der Waals surface area contributed by atoms with Crippen LogP contribution < -0.4 is 4.58 Å². The van der Waals surface area contributed by atoms with Gasteiger partial charge in [-0.1, -0.05) is 22.8 Å². The lowest BCUT2D eigenvalue weighted by Gasteiger charge is -2.01. The summed E-state index contributed by atoms with van der Waals surface area (Å²) in [4.78, 5) is 4.39. The number of nitrogens with zero attached hydrogens (tertiary/aromatic N) is 3. The number of fused-ring (bicyclic) bond motifs is 4. The van der Waals surface area contributed by atoms with Gasteiger partial charge in [-0.15, -0.1) is 0 Å². The third-order valence-corrected chi connectivity index (χ3v) is 5.77. The summed E-state index contributed by atoms with van der Waals surface area (Å²) in [6.07, 6.45) is 6.84. The molecule has 6 rings (SSSR count). The molecule has 27 heavy (non-hydrogen) atoms. The van der Waals surface area contributed by atoms with Crippen LogP contribution in [-0.2, 0) is 0 Å². The number of hydrogen-bond acceptors (Lipinski definition) is 2. The summed E-state index contributed by atoms with van der Waals surface area (Å²) in [6, 6.07) is 23.0. The third-order valence-electron chi connectivity index (χ3n) is 5.77. The molecule has 0 atom stereocenters. The van der Waals surface area contributed by atoms with Gasteiger partial charge in [0.05, 0.1) is 0 Å². The van der Waals surface area contributed by atoms with Crippen molar-refractivity contribution in [1.29, 1.82) is 0 Å². The number of benzene rings is 2. The maximum atomic E-state index is 6.16. The van der Waals surface area contributed by atoms with Crippen molar-refractivity contribution < 1.29 is 8.99 Å². The summed E-state index contributed by atoms with van der Waals surface area (Å²) >= 11 is 0. The highest BCUT2D eigenvalue weighted by Gasteiger charge is 2.41. The van der Waals surface area contributed by atoms with Crippen molar-refractivity contribution in [2.75, 3.05) is 0 Å². The van der Waals surface area contributed by atoms with Crippen LogP contribution >= 0.6 is 0 Å². The second-order valence-corrected chi connectivity index (χ2v) is 7.34. The Balaban J connectivity index is 1.65. The van der Waals surface area contributed by atoms with Crippen LogP contribution in [0.2, 0.25) is 0 Å². The molecule has 130 valence electrons. The van der Waals surface area contributed by atoms with E-state index in [4.69, 9.17) is 4.42 Å². The Morgan fingerprint density at radius 1 is 0.852 bits per heavy atom. The number of hydrogen-bond donors (Lipinski definition) is 0. The lowest BCUT2D eigenvalue weighted by Crippen LogP contribution is -2.16. The average Bonchev–Trinajstić information content (AvgIpc) is 3.44. The number of furan rings is 1. The maximum Gasteiger partial charge on any atom is 0.496 e. The van der Waals surface area contributed by atoms with E-state index < -0.39 is 0 Å². The molecule has 0 radical (unpaired) electrons. The van der Waals surface area contributed by atoms with Gasteiger partial charge in [-0.2, -0.15) is 0 Å². The molecule has 0 saturated heterocycles. The first-order valence-corrected chi connectivity index (χ1v) is 9.61. The molecule has 0 bridgehead atoms. The summed E-state index contributed by atoms with van der Waals surface area (Å²) in [5.74, 6) is 0. The standard InChI is InChI=1S/C23H19N3O/c1-2-8-16(7-1)25-15-26(20-12-4-3-11-19(20)25)21-13-5-9-17-18-10-6-14-24-23(18)27-22(17)21/h3-6,9-14,16H,1-2,7-8H2/q+2. The molecule has 0 N–H and O–H groups in total. The van der Waals surface area contributed by atoms with Crippen LogP contribution in [0, 0.1) is 0 Å². The monoisotopic (exact) mass is 353 g/mol. The number of pyridine rings is 1. The van der Waals surface area contributed by atoms with Gasteiger partial charge in [0, 0.05) is 48.0 Å². The van der Waals surface area contributed by atoms with E-state index in [1.807, 2.05) is 6.07 Å². The van der Waals surface area contributed by atoms with Gasteiger partial charge in [0.1, 0.15) is 0 Å². The molecule has 2 aromatic heterocycles. The topological polar surface area (TPSA) is 32.0 Å². The molecule has 1 fully saturated rings. The average molecular weight is 353 g/mol. The molecule has 2 aliphatic rings. The molecule has 0 spiro atoms. The molecular weight excluding hydrogens is 334 g/mol. The van der Waals surface area contributed by atoms with Crippen LogP contribution in [0.15, 0.2) is 65.2 Å². The quantitative estimate of drug-likeness (QED) is 0.440. The molecule has 4 nitrogen and oxygen atoms in total. The van der Waals surface area contributed by atoms with E-state index in [0.29, 0.717) is 11.8 Å². The number of para-hydroxylation sites is 3. The Labute approximate surface area is 156 Å². The highest BCUT2D eigenvalue weighted by atomic mass is 16.3. The Hall–Kier alpha value is -3.23. The second-order valence-electron chi connectivity index (χ2n) is 7.34. The second kappa shape index (κ2) is 5.63. The number of rotatable bonds is 2. The normalized spacial score (nSPS) is 16.7. The molecule has 0 unspecified atom stereocenters. The van der Waals surface area contributed by atoms with Gasteiger partial charge in [-0.25, -0.2) is 4.98 Å². The van der Waals surface area contributed by atoms with Crippen molar-refractivity contribution in [3.8, 4) is 0 Å². The Kier molecular flexibility index (Phi) is 3.11. The molecule has 1 aliphatic heterocycles. The van der Waals surface area contributed by atoms with E-state index in [1.165, 1.54) is 31.4 Å². The molecule has 3 heterocycles. The minimum absolute atomic E-state index is 0.535. The lowest BCUT2D eigenvalue weighted by molar-refractivity contribution is -0.474. The molecule has 4 heteroatoms. The predicted molar refractivity (Wildman–Crippen MR) is 107 cm³/mol. The zero-order valence-corrected chi connectivity index (χ0v) is 14.9. The van der Waals surface area contributed by atoms with E-state index in [1.54, 1.807) is 6.20 Å². The Bertz CT molecular complexity index is 1270. The largest absolute Gasteiger partial charge is 0.496 e. The van der Waals surface area contributed by atoms with Crippen LogP contribution in [-0.4, -0.2) is 21.6 Å². The summed E-state index contributed by atoms with van der Waals surface area (Å²) in [6.45, 7) is 0. The van der Waals surface area contributed by atoms with Crippen LogP contribution in [0.5, 0.6) is 0 Å². The van der Waals surface area contributed by atoms with E-state index >= 15 is 0 Å². The van der Waals surface area contributed by atoms with Crippen molar-refractivity contribution in [2.24, 2.45) is 0 Å². The molecular formula is C23H19N3O+2. The Morgan fingerprint density at radius 2 is 1.63 bits per heavy atom. The first kappa shape index (κ1) is 14.9. The van der Waals surface area contributed by atoms with Crippen LogP contribution in [0.3, 0.4) is 0 Å². The Morgan fingerprint density at radius 3 is 2.52 bits per heavy atom. The van der Waals surface area contributed by atoms with Crippen molar-refractivity contribution >= 4 is 45.1 Å². The summed E-state index contributed by atoms with van der Waals surface area (Å²) < 4.78 is 10.6. The van der Waals surface area contributed by atoms with E-state index in [2.05, 4.69) is 68.7 Å². The summed E-state index contributed by atoms with van der Waals surface area (Å²) in [5.41, 5.74) is 4.95. The number of aromatic nitrogens is 1. The third kappa shape index (κ3) is 2.14. The first-order valence-electron chi connectivity index (χ1n) is 9.61. The van der Waals surface area contributed by atoms with Crippen LogP contribution in [0.25, 0.3) is 22.1 Å². The minimum atomic E-state index is 0.535. The van der Waals surface area contributed by atoms with E-state index in [0.717, 1.165) is 27.7 Å². The van der Waals surface area contributed by atoms with Crippen molar-refractivity contribution in [1.82, 2.24) is 9.56 Å². The van der Waals surface area contributed by atoms with Gasteiger partial charge in [0.2, 0.25) is 11.3 Å². The fourth-order valence-corrected chi connectivity index (χ4v) is 4.49. The van der Waals surface area contributed by atoms with Crippen molar-refractivity contribution in [2.45, 2.75) is 31.7 Å². The highest BCUT2D eigenvalue weighted by molar-refractivity contribution is 6.07. The SMILES string of the molecule is C1=[N+](c2cccc3c2oc2ncccc23)c2ccccc2[N+]=1C1CCCC1. The van der Waals surface area contributed by atoms with Gasteiger partial charge in [-0.3, -0.25) is 0 Å². The molecule has 1 aliphatic carbocycles. The fourth-order valence-electron chi connectivity index (χ4n) is 4.49. The van der Waals surface area contributed by atoms with E-state index in [9.17, 15) is 0 Å². The van der Waals surface area contributed by atoms with Gasteiger partial charge in [0.25, 0.3) is 17.1 Å². The summed E-state index contributed by atoms with van der Waals surface area (Å²) in [5, 5.41) is 2.14. The molecule has 4 aromatic rings. The highest BCUT2D eigenvalue weighted by Crippen LogP contribution is 2.40. The van der Waals surface area contributed by atoms with E-state index in [-0.39, 0.29) is 0 Å². The minimum Gasteiger partial charge on any atom is -0.431 e. The van der Waals surface area contributed by atoms with Crippen LogP contribution in [0.4, 0.5) is 17.1 Å². The zero-order chi connectivity index (χ0) is 17.8. The van der Waals surface area contributed by atoms with Gasteiger partial charge in [0.15, 0.2) is 6.04 Å². The summed E-state index contributed by atoms with van der Waals surface area (Å²) in [7, 11) is 0. The van der Waals surface area contributed by atoms with Crippen LogP contribution in [0.1, 0.15) is 25.7 Å². The van der Waals surface area contributed by atoms with Gasteiger partial charge < -0.3 is 4.42 Å². The van der Waals surface area contributed by atoms with Gasteiger partial charge >= 0.3 is 6.01 Å². The molecule has 1 saturated carbocycles. The van der Waals surface area contributed by atoms with Crippen molar-refractivity contribution in [3.05, 3.63) is 60.8 Å². The first-order chi connectivity index (χ1) is 13.4. The predicted octanol–water partition coefficient (Wildman–Crippen LogP) is 5.59. The van der Waals surface area contributed by atoms with Crippen molar-refractivity contribution in [3.63, 3.8) is 0 Å². The molecule has 0 amide bonds. The fraction of sp³-hybridized carbons (Fsp3) is 0.217. The van der Waals surface area contributed by atoms with Gasteiger partial charge in [-0.05, 0) is 35.6 Å². The lowest BCUT2D eigenvalue weighted by atomic mass is 10.1. The maximum absolute atomic E-state index is 6.16. The smallest absolute Gasteiger partial charge is 0.431 e. The zero-order valence-electron chi connectivity index (χ0n) is 14.9. The molecule has 2 aromatic carbocycles.